The van der Waals surface area contributed by atoms with Gasteiger partial charge < -0.3 is 40.3 Å². The molecule has 1 aliphatic rings. The van der Waals surface area contributed by atoms with Crippen molar-refractivity contribution in [3.8, 4) is 0 Å². The Kier molecular flexibility index (Phi) is 6.23. The minimum absolute atomic E-state index is 0.498. The van der Waals surface area contributed by atoms with Crippen LogP contribution in [-0.4, -0.2) is 87.4 Å². The lowest BCUT2D eigenvalue weighted by atomic mass is 9.88. The standard InChI is InChI=1S/C12H21NO9/c1-5(15)13-8-6(16)3-12(21-2,11(19)20)22-10(8)9(18)7(17)4-14/h6-10,14,16-18H,3-4H2,1-2H3,(H,13,15)(H,19,20)/t6-,7-,8-,9-,10+,12-/m1/s1. The van der Waals surface area contributed by atoms with Gasteiger partial charge in [0, 0.05) is 20.5 Å². The van der Waals surface area contributed by atoms with Crippen molar-refractivity contribution >= 4 is 11.9 Å². The Hall–Kier alpha value is -1.30. The van der Waals surface area contributed by atoms with E-state index < -0.39 is 61.1 Å². The second kappa shape index (κ2) is 7.31. The van der Waals surface area contributed by atoms with Gasteiger partial charge in [-0.1, -0.05) is 0 Å². The van der Waals surface area contributed by atoms with Crippen molar-refractivity contribution in [2.45, 2.75) is 49.6 Å². The van der Waals surface area contributed by atoms with Gasteiger partial charge in [-0.05, 0) is 0 Å². The lowest BCUT2D eigenvalue weighted by Crippen LogP contribution is -2.67. The summed E-state index contributed by atoms with van der Waals surface area (Å²) < 4.78 is 10.0. The zero-order chi connectivity index (χ0) is 17.1. The van der Waals surface area contributed by atoms with E-state index in [1.165, 1.54) is 0 Å². The van der Waals surface area contributed by atoms with Crippen molar-refractivity contribution in [2.24, 2.45) is 0 Å². The Morgan fingerprint density at radius 2 is 2.05 bits per heavy atom. The van der Waals surface area contributed by atoms with Crippen molar-refractivity contribution in [2.75, 3.05) is 13.7 Å². The first-order chi connectivity index (χ1) is 10.2. The summed E-state index contributed by atoms with van der Waals surface area (Å²) in [5.41, 5.74) is 0. The van der Waals surface area contributed by atoms with Crippen molar-refractivity contribution in [3.63, 3.8) is 0 Å². The maximum absolute atomic E-state index is 11.3. The summed E-state index contributed by atoms with van der Waals surface area (Å²) in [6, 6.07) is -1.18. The van der Waals surface area contributed by atoms with Crippen molar-refractivity contribution in [1.82, 2.24) is 5.32 Å². The third kappa shape index (κ3) is 3.72. The number of aliphatic carboxylic acids is 1. The van der Waals surface area contributed by atoms with Crippen LogP contribution in [0.1, 0.15) is 13.3 Å². The summed E-state index contributed by atoms with van der Waals surface area (Å²) in [5, 5.41) is 50.1. The molecule has 0 aromatic heterocycles. The second-order valence-electron chi connectivity index (χ2n) is 5.08. The molecular formula is C12H21NO9. The van der Waals surface area contributed by atoms with Gasteiger partial charge in [0.25, 0.3) is 5.79 Å². The average Bonchev–Trinajstić information content (AvgIpc) is 2.46. The summed E-state index contributed by atoms with van der Waals surface area (Å²) in [7, 11) is 1.05. The van der Waals surface area contributed by atoms with Crippen LogP contribution in [0.3, 0.4) is 0 Å². The topological polar surface area (TPSA) is 166 Å². The number of hydrogen-bond donors (Lipinski definition) is 6. The van der Waals surface area contributed by atoms with E-state index in [9.17, 15) is 30.0 Å². The fourth-order valence-corrected chi connectivity index (χ4v) is 2.34. The quantitative estimate of drug-likeness (QED) is 0.295. The van der Waals surface area contributed by atoms with Crippen LogP contribution in [0.25, 0.3) is 0 Å². The lowest BCUT2D eigenvalue weighted by molar-refractivity contribution is -0.303. The third-order valence-corrected chi connectivity index (χ3v) is 3.52. The smallest absolute Gasteiger partial charge is 0.364 e. The van der Waals surface area contributed by atoms with E-state index in [-0.39, 0.29) is 0 Å². The van der Waals surface area contributed by atoms with Gasteiger partial charge in [0.05, 0.1) is 18.8 Å². The summed E-state index contributed by atoms with van der Waals surface area (Å²) in [6.45, 7) is 0.338. The summed E-state index contributed by atoms with van der Waals surface area (Å²) >= 11 is 0. The van der Waals surface area contributed by atoms with Crippen LogP contribution in [-0.2, 0) is 19.1 Å². The van der Waals surface area contributed by atoms with Crippen molar-refractivity contribution < 1.29 is 44.6 Å². The third-order valence-electron chi connectivity index (χ3n) is 3.52. The number of carboxylic acids is 1. The molecule has 22 heavy (non-hydrogen) atoms. The molecule has 0 saturated carbocycles. The van der Waals surface area contributed by atoms with Crippen LogP contribution in [0.5, 0.6) is 0 Å². The normalized spacial score (nSPS) is 34.7. The van der Waals surface area contributed by atoms with Crippen LogP contribution in [0.15, 0.2) is 0 Å². The first kappa shape index (κ1) is 18.7. The molecular weight excluding hydrogens is 302 g/mol. The summed E-state index contributed by atoms with van der Waals surface area (Å²) in [4.78, 5) is 22.6. The fourth-order valence-electron chi connectivity index (χ4n) is 2.34. The number of rotatable bonds is 6. The molecule has 6 atom stereocenters. The zero-order valence-corrected chi connectivity index (χ0v) is 12.2. The van der Waals surface area contributed by atoms with Gasteiger partial charge in [-0.2, -0.15) is 0 Å². The number of nitrogens with one attached hydrogen (secondary N) is 1. The summed E-state index contributed by atoms with van der Waals surface area (Å²) in [6.07, 6.45) is -6.84. The summed E-state index contributed by atoms with van der Waals surface area (Å²) in [5.74, 6) is -4.33. The molecule has 0 spiro atoms. The zero-order valence-electron chi connectivity index (χ0n) is 12.2. The molecule has 0 aliphatic carbocycles. The average molecular weight is 323 g/mol. The molecule has 0 bridgehead atoms. The molecule has 1 amide bonds. The van der Waals surface area contributed by atoms with Gasteiger partial charge in [-0.25, -0.2) is 4.79 Å². The van der Waals surface area contributed by atoms with E-state index in [4.69, 9.17) is 14.6 Å². The van der Waals surface area contributed by atoms with Crippen LogP contribution >= 0.6 is 0 Å². The van der Waals surface area contributed by atoms with Crippen LogP contribution < -0.4 is 5.32 Å². The Morgan fingerprint density at radius 3 is 2.45 bits per heavy atom. The molecule has 0 unspecified atom stereocenters. The molecule has 0 aromatic rings. The Morgan fingerprint density at radius 1 is 1.45 bits per heavy atom. The van der Waals surface area contributed by atoms with E-state index >= 15 is 0 Å². The molecule has 128 valence electrons. The molecule has 1 heterocycles. The first-order valence-electron chi connectivity index (χ1n) is 6.57. The number of aliphatic hydroxyl groups excluding tert-OH is 4. The molecule has 1 aliphatic heterocycles. The lowest BCUT2D eigenvalue weighted by Gasteiger charge is -2.46. The molecule has 1 saturated heterocycles. The molecule has 1 fully saturated rings. The molecule has 0 radical (unpaired) electrons. The van der Waals surface area contributed by atoms with Crippen LogP contribution in [0.4, 0.5) is 0 Å². The van der Waals surface area contributed by atoms with E-state index in [1.54, 1.807) is 0 Å². The number of ether oxygens (including phenoxy) is 2. The van der Waals surface area contributed by atoms with Crippen molar-refractivity contribution in [1.29, 1.82) is 0 Å². The highest BCUT2D eigenvalue weighted by Gasteiger charge is 2.55. The van der Waals surface area contributed by atoms with Gasteiger partial charge in [0.1, 0.15) is 18.3 Å². The number of methoxy groups -OCH3 is 1. The van der Waals surface area contributed by atoms with Gasteiger partial charge in [-0.3, -0.25) is 4.79 Å². The van der Waals surface area contributed by atoms with Crippen LogP contribution in [0.2, 0.25) is 0 Å². The number of amides is 1. The monoisotopic (exact) mass is 323 g/mol. The number of aliphatic hydroxyl groups is 4. The number of carbonyl (C=O) groups is 2. The van der Waals surface area contributed by atoms with E-state index in [1.807, 2.05) is 0 Å². The Balaban J connectivity index is 3.14. The van der Waals surface area contributed by atoms with Crippen molar-refractivity contribution in [3.05, 3.63) is 0 Å². The second-order valence-corrected chi connectivity index (χ2v) is 5.08. The maximum atomic E-state index is 11.3. The molecule has 10 nitrogen and oxygen atoms in total. The molecule has 6 N–H and O–H groups in total. The van der Waals surface area contributed by atoms with Gasteiger partial charge >= 0.3 is 5.97 Å². The highest BCUT2D eigenvalue weighted by atomic mass is 16.7. The van der Waals surface area contributed by atoms with E-state index in [0.717, 1.165) is 14.0 Å². The molecule has 0 aromatic carbocycles. The largest absolute Gasteiger partial charge is 0.477 e. The SMILES string of the molecule is CO[C@]1(C(=O)O)C[C@@H](O)[C@@H](NC(C)=O)[C@@H]([C@H](O)[C@H](O)CO)O1. The maximum Gasteiger partial charge on any atom is 0.364 e. The first-order valence-corrected chi connectivity index (χ1v) is 6.57. The number of carboxylic acid groups (broad SMARTS) is 1. The van der Waals surface area contributed by atoms with Gasteiger partial charge in [0.2, 0.25) is 5.91 Å². The Labute approximate surface area is 126 Å². The van der Waals surface area contributed by atoms with Gasteiger partial charge in [-0.15, -0.1) is 0 Å². The predicted octanol–water partition coefficient (Wildman–Crippen LogP) is -3.22. The number of hydrogen-bond acceptors (Lipinski definition) is 8. The highest BCUT2D eigenvalue weighted by molar-refractivity contribution is 5.76. The number of carbonyl (C=O) groups excluding carboxylic acids is 1. The predicted molar refractivity (Wildman–Crippen MR) is 69.6 cm³/mol. The van der Waals surface area contributed by atoms with E-state index in [2.05, 4.69) is 5.32 Å². The minimum Gasteiger partial charge on any atom is -0.477 e. The minimum atomic E-state index is -2.24. The highest BCUT2D eigenvalue weighted by Crippen LogP contribution is 2.32. The van der Waals surface area contributed by atoms with E-state index in [0.29, 0.717) is 0 Å². The van der Waals surface area contributed by atoms with Gasteiger partial charge in [0.15, 0.2) is 0 Å². The Bertz CT molecular complexity index is 417. The fraction of sp³-hybridized carbons (Fsp3) is 0.833. The molecule has 1 rings (SSSR count). The van der Waals surface area contributed by atoms with Crippen LogP contribution in [0, 0.1) is 0 Å². The molecule has 10 heteroatoms.